The van der Waals surface area contributed by atoms with Crippen molar-refractivity contribution in [1.82, 2.24) is 4.90 Å². The van der Waals surface area contributed by atoms with E-state index in [-0.39, 0.29) is 18.4 Å². The zero-order valence-electron chi connectivity index (χ0n) is 15.7. The summed E-state index contributed by atoms with van der Waals surface area (Å²) in [6.07, 6.45) is 4.35. The third kappa shape index (κ3) is 5.10. The van der Waals surface area contributed by atoms with Gasteiger partial charge in [-0.25, -0.2) is 0 Å². The van der Waals surface area contributed by atoms with Crippen LogP contribution in [0.1, 0.15) is 41.6 Å². The molecule has 0 atom stereocenters. The summed E-state index contributed by atoms with van der Waals surface area (Å²) in [6.45, 7) is 1.44. The van der Waals surface area contributed by atoms with Gasteiger partial charge < -0.3 is 15.0 Å². The Morgan fingerprint density at radius 1 is 1.04 bits per heavy atom. The van der Waals surface area contributed by atoms with Gasteiger partial charge in [0.25, 0.3) is 11.8 Å². The maximum atomic E-state index is 12.7. The van der Waals surface area contributed by atoms with Crippen molar-refractivity contribution >= 4 is 17.5 Å². The number of carbonyl (C=O) groups excluding carboxylic acids is 2. The van der Waals surface area contributed by atoms with E-state index in [9.17, 15) is 9.59 Å². The fourth-order valence-corrected chi connectivity index (χ4v) is 3.20. The van der Waals surface area contributed by atoms with Crippen LogP contribution in [0.2, 0.25) is 0 Å². The molecule has 0 aromatic heterocycles. The number of likely N-dealkylation sites (tertiary alicyclic amines) is 1. The van der Waals surface area contributed by atoms with Gasteiger partial charge in [0.05, 0.1) is 17.2 Å². The molecule has 0 radical (unpaired) electrons. The zero-order valence-corrected chi connectivity index (χ0v) is 15.7. The summed E-state index contributed by atoms with van der Waals surface area (Å²) in [5, 5.41) is 11.8. The Kier molecular flexibility index (Phi) is 6.64. The van der Waals surface area contributed by atoms with Gasteiger partial charge in [-0.2, -0.15) is 5.26 Å². The number of ether oxygens (including phenoxy) is 1. The highest BCUT2D eigenvalue weighted by Gasteiger charge is 2.18. The quantitative estimate of drug-likeness (QED) is 0.863. The average molecular weight is 377 g/mol. The highest BCUT2D eigenvalue weighted by molar-refractivity contribution is 6.06. The molecule has 0 unspecified atom stereocenters. The fourth-order valence-electron chi connectivity index (χ4n) is 3.20. The van der Waals surface area contributed by atoms with Crippen molar-refractivity contribution in [2.24, 2.45) is 0 Å². The number of amides is 2. The monoisotopic (exact) mass is 377 g/mol. The molecule has 0 saturated carbocycles. The summed E-state index contributed by atoms with van der Waals surface area (Å²) in [5.41, 5.74) is 1.33. The van der Waals surface area contributed by atoms with Crippen LogP contribution in [-0.4, -0.2) is 36.4 Å². The molecule has 1 fully saturated rings. The van der Waals surface area contributed by atoms with Crippen molar-refractivity contribution in [3.8, 4) is 11.8 Å². The Bertz CT molecular complexity index is 881. The number of para-hydroxylation sites is 1. The standard InChI is InChI=1S/C22H23N3O3/c23-15-17-8-7-9-18(14-17)24-22(27)19-10-3-4-11-20(19)28-16-21(26)25-12-5-1-2-6-13-25/h3-4,7-11,14H,1-2,5-6,12-13,16H2,(H,24,27). The first-order valence-electron chi connectivity index (χ1n) is 9.48. The van der Waals surface area contributed by atoms with E-state index in [4.69, 9.17) is 10.00 Å². The predicted octanol–water partition coefficient (Wildman–Crippen LogP) is 3.59. The summed E-state index contributed by atoms with van der Waals surface area (Å²) in [7, 11) is 0. The molecular formula is C22H23N3O3. The van der Waals surface area contributed by atoms with Gasteiger partial charge in [0.2, 0.25) is 0 Å². The first-order valence-corrected chi connectivity index (χ1v) is 9.48. The van der Waals surface area contributed by atoms with Crippen LogP contribution in [0.25, 0.3) is 0 Å². The van der Waals surface area contributed by atoms with Gasteiger partial charge in [-0.3, -0.25) is 9.59 Å². The van der Waals surface area contributed by atoms with Crippen LogP contribution in [0.4, 0.5) is 5.69 Å². The first kappa shape index (κ1) is 19.4. The highest BCUT2D eigenvalue weighted by Crippen LogP contribution is 2.20. The van der Waals surface area contributed by atoms with Gasteiger partial charge in [0.1, 0.15) is 5.75 Å². The Morgan fingerprint density at radius 3 is 2.54 bits per heavy atom. The minimum atomic E-state index is -0.354. The van der Waals surface area contributed by atoms with Crippen molar-refractivity contribution in [1.29, 1.82) is 5.26 Å². The lowest BCUT2D eigenvalue weighted by atomic mass is 10.1. The topological polar surface area (TPSA) is 82.4 Å². The molecule has 1 aliphatic heterocycles. The average Bonchev–Trinajstić information content (AvgIpc) is 3.02. The van der Waals surface area contributed by atoms with E-state index in [1.807, 2.05) is 11.0 Å². The number of benzene rings is 2. The number of carbonyl (C=O) groups is 2. The smallest absolute Gasteiger partial charge is 0.260 e. The van der Waals surface area contributed by atoms with Gasteiger partial charge >= 0.3 is 0 Å². The van der Waals surface area contributed by atoms with Crippen LogP contribution >= 0.6 is 0 Å². The summed E-state index contributed by atoms with van der Waals surface area (Å²) < 4.78 is 5.69. The maximum absolute atomic E-state index is 12.7. The van der Waals surface area contributed by atoms with Crippen molar-refractivity contribution in [3.63, 3.8) is 0 Å². The number of hydrogen-bond acceptors (Lipinski definition) is 4. The lowest BCUT2D eigenvalue weighted by molar-refractivity contribution is -0.133. The van der Waals surface area contributed by atoms with Crippen LogP contribution in [0.5, 0.6) is 5.75 Å². The molecule has 28 heavy (non-hydrogen) atoms. The maximum Gasteiger partial charge on any atom is 0.260 e. The second kappa shape index (κ2) is 9.56. The van der Waals surface area contributed by atoms with Gasteiger partial charge in [0, 0.05) is 18.8 Å². The first-order chi connectivity index (χ1) is 13.7. The Labute approximate surface area is 164 Å². The van der Waals surface area contributed by atoms with Crippen LogP contribution in [0, 0.1) is 11.3 Å². The third-order valence-corrected chi connectivity index (χ3v) is 4.69. The molecule has 1 heterocycles. The second-order valence-electron chi connectivity index (χ2n) is 6.73. The van der Waals surface area contributed by atoms with E-state index in [2.05, 4.69) is 5.32 Å². The second-order valence-corrected chi connectivity index (χ2v) is 6.73. The molecule has 3 rings (SSSR count). The van der Waals surface area contributed by atoms with E-state index >= 15 is 0 Å². The van der Waals surface area contributed by atoms with Crippen LogP contribution < -0.4 is 10.1 Å². The van der Waals surface area contributed by atoms with E-state index in [0.29, 0.717) is 22.6 Å². The largest absolute Gasteiger partial charge is 0.483 e. The number of anilines is 1. The number of nitrogens with one attached hydrogen (secondary N) is 1. The Hall–Kier alpha value is -3.33. The lowest BCUT2D eigenvalue weighted by Crippen LogP contribution is -2.35. The normalized spacial score (nSPS) is 13.9. The van der Waals surface area contributed by atoms with Gasteiger partial charge in [-0.05, 0) is 43.2 Å². The SMILES string of the molecule is N#Cc1cccc(NC(=O)c2ccccc2OCC(=O)N2CCCCCC2)c1. The van der Waals surface area contributed by atoms with Crippen molar-refractivity contribution < 1.29 is 14.3 Å². The molecule has 0 aliphatic carbocycles. The highest BCUT2D eigenvalue weighted by atomic mass is 16.5. The van der Waals surface area contributed by atoms with Crippen molar-refractivity contribution in [3.05, 3.63) is 59.7 Å². The van der Waals surface area contributed by atoms with Crippen LogP contribution in [-0.2, 0) is 4.79 Å². The molecule has 1 saturated heterocycles. The number of rotatable bonds is 5. The number of nitrogens with zero attached hydrogens (tertiary/aromatic N) is 2. The zero-order chi connectivity index (χ0) is 19.8. The van der Waals surface area contributed by atoms with Gasteiger partial charge in [-0.15, -0.1) is 0 Å². The molecule has 0 bridgehead atoms. The molecule has 1 aliphatic rings. The van der Waals surface area contributed by atoms with Gasteiger partial charge in [-0.1, -0.05) is 31.0 Å². The summed E-state index contributed by atoms with van der Waals surface area (Å²) >= 11 is 0. The van der Waals surface area contributed by atoms with Gasteiger partial charge in [0.15, 0.2) is 6.61 Å². The number of hydrogen-bond donors (Lipinski definition) is 1. The van der Waals surface area contributed by atoms with Crippen LogP contribution in [0.3, 0.4) is 0 Å². The Balaban J connectivity index is 1.65. The van der Waals surface area contributed by atoms with E-state index in [1.165, 1.54) is 0 Å². The molecule has 2 aromatic carbocycles. The van der Waals surface area contributed by atoms with Crippen LogP contribution in [0.15, 0.2) is 48.5 Å². The molecule has 6 heteroatoms. The minimum absolute atomic E-state index is 0.0566. The molecule has 2 aromatic rings. The number of nitriles is 1. The minimum Gasteiger partial charge on any atom is -0.483 e. The molecule has 0 spiro atoms. The summed E-state index contributed by atoms with van der Waals surface area (Å²) in [5.74, 6) is -0.0497. The van der Waals surface area contributed by atoms with E-state index in [0.717, 1.165) is 38.8 Å². The van der Waals surface area contributed by atoms with E-state index in [1.54, 1.807) is 48.5 Å². The fraction of sp³-hybridized carbons (Fsp3) is 0.318. The molecular weight excluding hydrogens is 354 g/mol. The molecule has 1 N–H and O–H groups in total. The molecule has 2 amide bonds. The Morgan fingerprint density at radius 2 is 1.79 bits per heavy atom. The molecule has 144 valence electrons. The summed E-state index contributed by atoms with van der Waals surface area (Å²) in [4.78, 5) is 26.9. The van der Waals surface area contributed by atoms with Crippen molar-refractivity contribution in [2.75, 3.05) is 25.0 Å². The lowest BCUT2D eigenvalue weighted by Gasteiger charge is -2.20. The summed E-state index contributed by atoms with van der Waals surface area (Å²) in [6, 6.07) is 15.6. The van der Waals surface area contributed by atoms with E-state index < -0.39 is 0 Å². The molecule has 6 nitrogen and oxygen atoms in total. The predicted molar refractivity (Wildman–Crippen MR) is 106 cm³/mol. The van der Waals surface area contributed by atoms with Crippen molar-refractivity contribution in [2.45, 2.75) is 25.7 Å². The third-order valence-electron chi connectivity index (χ3n) is 4.69.